The van der Waals surface area contributed by atoms with Crippen LogP contribution in [-0.2, 0) is 0 Å². The molecule has 0 radical (unpaired) electrons. The molecule has 1 aromatic carbocycles. The molecule has 150 valence electrons. The molecule has 2 heterocycles. The Bertz CT molecular complexity index is 1010. The molecule has 0 unspecified atom stereocenters. The lowest BCUT2D eigenvalue weighted by Crippen LogP contribution is -2.31. The van der Waals surface area contributed by atoms with Gasteiger partial charge in [-0.25, -0.2) is 14.4 Å². The molecule has 29 heavy (non-hydrogen) atoms. The summed E-state index contributed by atoms with van der Waals surface area (Å²) in [5, 5.41) is 15.0. The Kier molecular flexibility index (Phi) is 6.30. The number of carbonyl (C=O) groups is 1. The summed E-state index contributed by atoms with van der Waals surface area (Å²) in [4.78, 5) is 24.9. The number of pyridine rings is 1. The van der Waals surface area contributed by atoms with Gasteiger partial charge in [-0.3, -0.25) is 9.78 Å². The second kappa shape index (κ2) is 9.07. The highest BCUT2D eigenvalue weighted by Crippen LogP contribution is 2.29. The molecule has 9 heteroatoms. The highest BCUT2D eigenvalue weighted by Gasteiger charge is 2.16. The summed E-state index contributed by atoms with van der Waals surface area (Å²) in [6.07, 6.45) is 3.65. The topological polar surface area (TPSA) is 109 Å². The summed E-state index contributed by atoms with van der Waals surface area (Å²) >= 11 is 0. The molecule has 0 bridgehead atoms. The van der Waals surface area contributed by atoms with Crippen molar-refractivity contribution in [1.82, 2.24) is 20.3 Å². The van der Waals surface area contributed by atoms with Crippen LogP contribution >= 0.6 is 0 Å². The second-order valence-corrected chi connectivity index (χ2v) is 6.20. The van der Waals surface area contributed by atoms with E-state index in [1.54, 1.807) is 31.2 Å². The van der Waals surface area contributed by atoms with Crippen molar-refractivity contribution < 1.29 is 19.0 Å². The van der Waals surface area contributed by atoms with Gasteiger partial charge >= 0.3 is 0 Å². The Hall–Kier alpha value is -3.59. The zero-order valence-electron chi connectivity index (χ0n) is 15.9. The fraction of sp³-hybridized carbons (Fsp3) is 0.200. The molecule has 0 aliphatic rings. The Morgan fingerprint density at radius 2 is 2.07 bits per heavy atom. The van der Waals surface area contributed by atoms with E-state index in [2.05, 4.69) is 25.6 Å². The Morgan fingerprint density at radius 3 is 2.79 bits per heavy atom. The van der Waals surface area contributed by atoms with Crippen LogP contribution in [0.5, 0.6) is 5.75 Å². The van der Waals surface area contributed by atoms with Gasteiger partial charge < -0.3 is 20.5 Å². The van der Waals surface area contributed by atoms with Crippen molar-refractivity contribution >= 4 is 17.4 Å². The molecule has 3 rings (SSSR count). The van der Waals surface area contributed by atoms with Gasteiger partial charge in [-0.05, 0) is 25.1 Å². The fourth-order valence-electron chi connectivity index (χ4n) is 2.53. The maximum absolute atomic E-state index is 14.1. The number of anilines is 2. The SMILES string of the molecule is COc1cnc(-c2ccccc2F)nc1Nc1ccncc1C(=O)NC[C@H](C)O. The molecular formula is C20H20FN5O3. The first-order valence-corrected chi connectivity index (χ1v) is 8.82. The summed E-state index contributed by atoms with van der Waals surface area (Å²) in [5.41, 5.74) is 0.906. The molecule has 0 spiro atoms. The van der Waals surface area contributed by atoms with Crippen molar-refractivity contribution in [2.75, 3.05) is 19.0 Å². The maximum Gasteiger partial charge on any atom is 0.255 e. The van der Waals surface area contributed by atoms with Crippen LogP contribution in [0.25, 0.3) is 11.4 Å². The van der Waals surface area contributed by atoms with Crippen LogP contribution < -0.4 is 15.4 Å². The predicted octanol–water partition coefficient (Wildman–Crippen LogP) is 2.54. The van der Waals surface area contributed by atoms with Gasteiger partial charge in [0.05, 0.1) is 36.2 Å². The molecule has 1 amide bonds. The average Bonchev–Trinajstić information content (AvgIpc) is 2.72. The minimum atomic E-state index is -0.683. The van der Waals surface area contributed by atoms with Crippen molar-refractivity contribution in [3.05, 3.63) is 60.3 Å². The number of aliphatic hydroxyl groups excluding tert-OH is 1. The third kappa shape index (κ3) is 4.82. The molecule has 2 aromatic heterocycles. The molecule has 3 aromatic rings. The van der Waals surface area contributed by atoms with Crippen molar-refractivity contribution in [1.29, 1.82) is 0 Å². The lowest BCUT2D eigenvalue weighted by atomic mass is 10.2. The van der Waals surface area contributed by atoms with Crippen molar-refractivity contribution in [2.24, 2.45) is 0 Å². The summed E-state index contributed by atoms with van der Waals surface area (Å²) in [5.74, 6) is -0.121. The summed E-state index contributed by atoms with van der Waals surface area (Å²) < 4.78 is 19.4. The van der Waals surface area contributed by atoms with Gasteiger partial charge in [0, 0.05) is 18.9 Å². The number of halogens is 1. The number of nitrogens with zero attached hydrogens (tertiary/aromatic N) is 3. The summed E-state index contributed by atoms with van der Waals surface area (Å²) in [6.45, 7) is 1.67. The number of amides is 1. The number of carbonyl (C=O) groups excluding carboxylic acids is 1. The largest absolute Gasteiger partial charge is 0.491 e. The summed E-state index contributed by atoms with van der Waals surface area (Å²) in [7, 11) is 1.45. The van der Waals surface area contributed by atoms with E-state index in [0.717, 1.165) is 0 Å². The Balaban J connectivity index is 1.95. The molecule has 1 atom stereocenters. The van der Waals surface area contributed by atoms with E-state index in [4.69, 9.17) is 4.74 Å². The van der Waals surface area contributed by atoms with Gasteiger partial charge in [0.2, 0.25) is 0 Å². The average molecular weight is 397 g/mol. The van der Waals surface area contributed by atoms with Gasteiger partial charge in [0.25, 0.3) is 5.91 Å². The third-order valence-corrected chi connectivity index (χ3v) is 3.97. The molecule has 0 saturated heterocycles. The highest BCUT2D eigenvalue weighted by atomic mass is 19.1. The van der Waals surface area contributed by atoms with E-state index in [1.807, 2.05) is 0 Å². The van der Waals surface area contributed by atoms with Crippen molar-refractivity contribution in [2.45, 2.75) is 13.0 Å². The third-order valence-electron chi connectivity index (χ3n) is 3.97. The number of benzene rings is 1. The Labute approximate surface area is 166 Å². The highest BCUT2D eigenvalue weighted by molar-refractivity contribution is 6.00. The van der Waals surface area contributed by atoms with Gasteiger partial charge in [-0.15, -0.1) is 0 Å². The number of hydrogen-bond acceptors (Lipinski definition) is 7. The number of hydrogen-bond donors (Lipinski definition) is 3. The maximum atomic E-state index is 14.1. The molecular weight excluding hydrogens is 377 g/mol. The number of methoxy groups -OCH3 is 1. The van der Waals surface area contributed by atoms with E-state index in [9.17, 15) is 14.3 Å². The van der Waals surface area contributed by atoms with Crippen molar-refractivity contribution in [3.63, 3.8) is 0 Å². The fourth-order valence-corrected chi connectivity index (χ4v) is 2.53. The van der Waals surface area contributed by atoms with Gasteiger partial charge in [0.1, 0.15) is 5.82 Å². The second-order valence-electron chi connectivity index (χ2n) is 6.20. The van der Waals surface area contributed by atoms with Crippen LogP contribution in [0, 0.1) is 5.82 Å². The smallest absolute Gasteiger partial charge is 0.255 e. The van der Waals surface area contributed by atoms with Crippen LogP contribution in [0.1, 0.15) is 17.3 Å². The van der Waals surface area contributed by atoms with Crippen LogP contribution in [0.2, 0.25) is 0 Å². The van der Waals surface area contributed by atoms with Crippen LogP contribution in [0.3, 0.4) is 0 Å². The molecule has 0 aliphatic heterocycles. The van der Waals surface area contributed by atoms with Gasteiger partial charge in [-0.1, -0.05) is 12.1 Å². The van der Waals surface area contributed by atoms with Crippen molar-refractivity contribution in [3.8, 4) is 17.1 Å². The molecule has 0 saturated carbocycles. The quantitative estimate of drug-likeness (QED) is 0.562. The lowest BCUT2D eigenvalue weighted by Gasteiger charge is -2.14. The van der Waals surface area contributed by atoms with E-state index in [0.29, 0.717) is 11.4 Å². The monoisotopic (exact) mass is 397 g/mol. The first-order valence-electron chi connectivity index (χ1n) is 8.82. The molecule has 8 nitrogen and oxygen atoms in total. The molecule has 0 fully saturated rings. The normalized spacial score (nSPS) is 11.6. The number of nitrogens with one attached hydrogen (secondary N) is 2. The first-order chi connectivity index (χ1) is 14.0. The molecule has 0 aliphatic carbocycles. The lowest BCUT2D eigenvalue weighted by molar-refractivity contribution is 0.0924. The van der Waals surface area contributed by atoms with E-state index in [-0.39, 0.29) is 29.3 Å². The van der Waals surface area contributed by atoms with Crippen LogP contribution in [-0.4, -0.2) is 45.7 Å². The van der Waals surface area contributed by atoms with E-state index < -0.39 is 17.8 Å². The van der Waals surface area contributed by atoms with Crippen LogP contribution in [0.15, 0.2) is 48.9 Å². The predicted molar refractivity (Wildman–Crippen MR) is 106 cm³/mol. The van der Waals surface area contributed by atoms with Gasteiger partial charge in [-0.2, -0.15) is 0 Å². The molecule has 3 N–H and O–H groups in total. The summed E-state index contributed by atoms with van der Waals surface area (Å²) in [6, 6.07) is 7.76. The number of rotatable bonds is 7. The van der Waals surface area contributed by atoms with Gasteiger partial charge in [0.15, 0.2) is 17.4 Å². The zero-order valence-corrected chi connectivity index (χ0v) is 15.9. The standard InChI is InChI=1S/C20H20FN5O3/c1-12(27)9-24-20(28)14-10-22-8-7-16(14)25-19-17(29-2)11-23-18(26-19)13-5-3-4-6-15(13)21/h3-8,10-12,27H,9H2,1-2H3,(H,24,28)(H,22,23,25,26)/t12-/m0/s1. The minimum Gasteiger partial charge on any atom is -0.491 e. The van der Waals surface area contributed by atoms with Crippen LogP contribution in [0.4, 0.5) is 15.9 Å². The number of aliphatic hydroxyl groups is 1. The Morgan fingerprint density at radius 1 is 1.28 bits per heavy atom. The first kappa shape index (κ1) is 20.2. The number of ether oxygens (including phenoxy) is 1. The minimum absolute atomic E-state index is 0.0986. The van der Waals surface area contributed by atoms with E-state index in [1.165, 1.54) is 31.8 Å². The zero-order chi connectivity index (χ0) is 20.8. The number of aromatic nitrogens is 3. The van der Waals surface area contributed by atoms with E-state index >= 15 is 0 Å².